The van der Waals surface area contributed by atoms with Crippen LogP contribution in [0.5, 0.6) is 17.2 Å². The van der Waals surface area contributed by atoms with Gasteiger partial charge in [0.25, 0.3) is 5.91 Å². The Hall–Kier alpha value is -2.69. The smallest absolute Gasteiger partial charge is 0.251 e. The van der Waals surface area contributed by atoms with Gasteiger partial charge in [-0.05, 0) is 36.8 Å². The minimum atomic E-state index is -0.207. The van der Waals surface area contributed by atoms with Gasteiger partial charge in [-0.15, -0.1) is 0 Å². The number of ether oxygens (including phenoxy) is 3. The summed E-state index contributed by atoms with van der Waals surface area (Å²) >= 11 is 0. The van der Waals surface area contributed by atoms with Crippen molar-refractivity contribution in [3.8, 4) is 17.2 Å². The van der Waals surface area contributed by atoms with Crippen LogP contribution >= 0.6 is 0 Å². The summed E-state index contributed by atoms with van der Waals surface area (Å²) < 4.78 is 16.7. The van der Waals surface area contributed by atoms with Gasteiger partial charge in [0, 0.05) is 5.56 Å². The van der Waals surface area contributed by atoms with E-state index in [1.54, 1.807) is 19.2 Å². The van der Waals surface area contributed by atoms with Gasteiger partial charge in [-0.25, -0.2) is 0 Å². The number of hydrogen-bond acceptors (Lipinski definition) is 4. The Labute approximate surface area is 135 Å². The van der Waals surface area contributed by atoms with Crippen LogP contribution in [0.15, 0.2) is 42.5 Å². The molecule has 0 bridgehead atoms. The van der Waals surface area contributed by atoms with Crippen molar-refractivity contribution in [3.63, 3.8) is 0 Å². The Morgan fingerprint density at radius 2 is 2.04 bits per heavy atom. The number of amides is 1. The van der Waals surface area contributed by atoms with Crippen LogP contribution in [0.3, 0.4) is 0 Å². The summed E-state index contributed by atoms with van der Waals surface area (Å²) in [5.74, 6) is 1.97. The first kappa shape index (κ1) is 15.2. The Kier molecular flexibility index (Phi) is 4.37. The summed E-state index contributed by atoms with van der Waals surface area (Å²) in [5, 5.41) is 2.87. The van der Waals surface area contributed by atoms with Gasteiger partial charge < -0.3 is 19.5 Å². The van der Waals surface area contributed by atoms with Crippen LogP contribution < -0.4 is 19.5 Å². The van der Waals surface area contributed by atoms with Gasteiger partial charge >= 0.3 is 0 Å². The summed E-state index contributed by atoms with van der Waals surface area (Å²) in [6.07, 6.45) is -0.207. The number of carbonyl (C=O) groups excluding carboxylic acids is 1. The van der Waals surface area contributed by atoms with E-state index in [0.29, 0.717) is 30.2 Å². The minimum Gasteiger partial charge on any atom is -0.496 e. The maximum Gasteiger partial charge on any atom is 0.251 e. The largest absolute Gasteiger partial charge is 0.496 e. The molecule has 3 rings (SSSR count). The second kappa shape index (κ2) is 6.60. The van der Waals surface area contributed by atoms with Crippen LogP contribution in [0.25, 0.3) is 0 Å². The van der Waals surface area contributed by atoms with E-state index in [-0.39, 0.29) is 12.0 Å². The molecule has 0 saturated heterocycles. The number of rotatable bonds is 4. The van der Waals surface area contributed by atoms with Gasteiger partial charge in [0.05, 0.1) is 13.7 Å². The molecule has 1 atom stereocenters. The maximum absolute atomic E-state index is 12.2. The van der Waals surface area contributed by atoms with Gasteiger partial charge in [-0.1, -0.05) is 18.2 Å². The Balaban J connectivity index is 1.60. The van der Waals surface area contributed by atoms with Crippen LogP contribution in [0, 0.1) is 6.92 Å². The lowest BCUT2D eigenvalue weighted by Crippen LogP contribution is -2.40. The molecule has 0 fully saturated rings. The highest BCUT2D eigenvalue weighted by molar-refractivity contribution is 5.94. The SMILES string of the molecule is COc1cc(C(=O)NC[C@H]2COc3ccccc3O2)ccc1C. The van der Waals surface area contributed by atoms with E-state index in [2.05, 4.69) is 5.32 Å². The van der Waals surface area contributed by atoms with Crippen molar-refractivity contribution in [2.24, 2.45) is 0 Å². The lowest BCUT2D eigenvalue weighted by atomic mass is 10.1. The molecular weight excluding hydrogens is 294 g/mol. The molecule has 2 aromatic rings. The second-order valence-corrected chi connectivity index (χ2v) is 5.39. The quantitative estimate of drug-likeness (QED) is 0.942. The molecule has 120 valence electrons. The number of hydrogen-bond donors (Lipinski definition) is 1. The van der Waals surface area contributed by atoms with Crippen molar-refractivity contribution < 1.29 is 19.0 Å². The van der Waals surface area contributed by atoms with E-state index in [1.807, 2.05) is 37.3 Å². The molecule has 1 heterocycles. The summed E-state index contributed by atoms with van der Waals surface area (Å²) in [7, 11) is 1.59. The third-order valence-electron chi connectivity index (χ3n) is 3.73. The first-order valence-corrected chi connectivity index (χ1v) is 7.48. The minimum absolute atomic E-state index is 0.161. The highest BCUT2D eigenvalue weighted by Crippen LogP contribution is 2.30. The lowest BCUT2D eigenvalue weighted by molar-refractivity contribution is 0.0789. The first-order chi connectivity index (χ1) is 11.2. The number of aryl methyl sites for hydroxylation is 1. The van der Waals surface area contributed by atoms with Gasteiger partial charge in [0.15, 0.2) is 11.5 Å². The maximum atomic E-state index is 12.2. The third kappa shape index (κ3) is 3.39. The monoisotopic (exact) mass is 313 g/mol. The highest BCUT2D eigenvalue weighted by atomic mass is 16.6. The molecule has 1 N–H and O–H groups in total. The molecule has 0 saturated carbocycles. The number of methoxy groups -OCH3 is 1. The van der Waals surface area contributed by atoms with E-state index in [1.165, 1.54) is 0 Å². The molecule has 23 heavy (non-hydrogen) atoms. The van der Waals surface area contributed by atoms with E-state index in [4.69, 9.17) is 14.2 Å². The van der Waals surface area contributed by atoms with Gasteiger partial charge in [-0.2, -0.15) is 0 Å². The second-order valence-electron chi connectivity index (χ2n) is 5.39. The standard InChI is InChI=1S/C18H19NO4/c1-12-7-8-13(9-17(12)21-2)18(20)19-10-14-11-22-15-5-3-4-6-16(15)23-14/h3-9,14H,10-11H2,1-2H3,(H,19,20)/t14-/m0/s1. The highest BCUT2D eigenvalue weighted by Gasteiger charge is 2.21. The third-order valence-corrected chi connectivity index (χ3v) is 3.73. The van der Waals surface area contributed by atoms with Crippen LogP contribution in [-0.2, 0) is 0 Å². The molecule has 1 amide bonds. The molecule has 0 spiro atoms. The van der Waals surface area contributed by atoms with Crippen molar-refractivity contribution in [2.45, 2.75) is 13.0 Å². The molecule has 1 aliphatic rings. The van der Waals surface area contributed by atoms with Crippen LogP contribution in [-0.4, -0.2) is 32.3 Å². The zero-order chi connectivity index (χ0) is 16.2. The van der Waals surface area contributed by atoms with Gasteiger partial charge in [0.1, 0.15) is 18.5 Å². The predicted molar refractivity (Wildman–Crippen MR) is 86.4 cm³/mol. The fraction of sp³-hybridized carbons (Fsp3) is 0.278. The van der Waals surface area contributed by atoms with E-state index in [0.717, 1.165) is 11.3 Å². The predicted octanol–water partition coefficient (Wildman–Crippen LogP) is 2.57. The Bertz CT molecular complexity index is 714. The van der Waals surface area contributed by atoms with Crippen molar-refractivity contribution in [1.29, 1.82) is 0 Å². The summed E-state index contributed by atoms with van der Waals surface area (Å²) in [6, 6.07) is 12.9. The van der Waals surface area contributed by atoms with Crippen LogP contribution in [0.2, 0.25) is 0 Å². The molecule has 0 radical (unpaired) electrons. The number of carbonyl (C=O) groups is 1. The lowest BCUT2D eigenvalue weighted by Gasteiger charge is -2.26. The van der Waals surface area contributed by atoms with Crippen molar-refractivity contribution in [1.82, 2.24) is 5.32 Å². The number of fused-ring (bicyclic) bond motifs is 1. The van der Waals surface area contributed by atoms with E-state index in [9.17, 15) is 4.79 Å². The van der Waals surface area contributed by atoms with Crippen LogP contribution in [0.1, 0.15) is 15.9 Å². The normalized spacial score (nSPS) is 15.8. The van der Waals surface area contributed by atoms with Crippen molar-refractivity contribution in [3.05, 3.63) is 53.6 Å². The summed E-state index contributed by atoms with van der Waals surface area (Å²) in [5.41, 5.74) is 1.55. The average Bonchev–Trinajstić information content (AvgIpc) is 2.60. The number of benzene rings is 2. The van der Waals surface area contributed by atoms with Crippen LogP contribution in [0.4, 0.5) is 0 Å². The molecule has 1 aliphatic heterocycles. The van der Waals surface area contributed by atoms with Crippen molar-refractivity contribution >= 4 is 5.91 Å². The average molecular weight is 313 g/mol. The molecule has 5 heteroatoms. The topological polar surface area (TPSA) is 56.8 Å². The summed E-state index contributed by atoms with van der Waals surface area (Å²) in [6.45, 7) is 2.73. The fourth-order valence-corrected chi connectivity index (χ4v) is 2.43. The van der Waals surface area contributed by atoms with Gasteiger partial charge in [-0.3, -0.25) is 4.79 Å². The zero-order valence-electron chi connectivity index (χ0n) is 13.2. The molecule has 0 aliphatic carbocycles. The van der Waals surface area contributed by atoms with Crippen molar-refractivity contribution in [2.75, 3.05) is 20.3 Å². The number of para-hydroxylation sites is 2. The molecule has 5 nitrogen and oxygen atoms in total. The Morgan fingerprint density at radius 1 is 1.26 bits per heavy atom. The van der Waals surface area contributed by atoms with Gasteiger partial charge in [0.2, 0.25) is 0 Å². The molecule has 2 aromatic carbocycles. The Morgan fingerprint density at radius 3 is 2.83 bits per heavy atom. The zero-order valence-corrected chi connectivity index (χ0v) is 13.2. The van der Waals surface area contributed by atoms with E-state index >= 15 is 0 Å². The molecule has 0 aromatic heterocycles. The fourth-order valence-electron chi connectivity index (χ4n) is 2.43. The summed E-state index contributed by atoms with van der Waals surface area (Å²) in [4.78, 5) is 12.2. The van der Waals surface area contributed by atoms with E-state index < -0.39 is 0 Å². The molecule has 0 unspecified atom stereocenters. The molecular formula is C18H19NO4. The number of nitrogens with one attached hydrogen (secondary N) is 1. The first-order valence-electron chi connectivity index (χ1n) is 7.48.